The van der Waals surface area contributed by atoms with Crippen molar-refractivity contribution in [1.29, 1.82) is 0 Å². The predicted octanol–water partition coefficient (Wildman–Crippen LogP) is 4.33. The number of carbonyl (C=O) groups excluding carboxylic acids is 1. The van der Waals surface area contributed by atoms with Crippen LogP contribution in [0.5, 0.6) is 0 Å². The number of rotatable bonds is 2. The zero-order valence-electron chi connectivity index (χ0n) is 14.2. The highest BCUT2D eigenvalue weighted by atomic mass is 32.1. The van der Waals surface area contributed by atoms with Crippen molar-refractivity contribution in [3.63, 3.8) is 0 Å². The Hall–Kier alpha value is -2.38. The van der Waals surface area contributed by atoms with Crippen LogP contribution in [-0.2, 0) is 9.53 Å². The Morgan fingerprint density at radius 1 is 1.08 bits per heavy atom. The molecule has 0 unspecified atom stereocenters. The molecule has 0 saturated heterocycles. The fourth-order valence-electron chi connectivity index (χ4n) is 2.82. The Balaban J connectivity index is 1.79. The minimum atomic E-state index is -0.420. The summed E-state index contributed by atoms with van der Waals surface area (Å²) >= 11 is 3.10. The Labute approximate surface area is 152 Å². The summed E-state index contributed by atoms with van der Waals surface area (Å²) in [5.74, 6) is 0.705. The highest BCUT2D eigenvalue weighted by Gasteiger charge is 2.26. The molecule has 0 radical (unpaired) electrons. The molecular weight excluding hydrogens is 354 g/mol. The molecule has 0 fully saturated rings. The third kappa shape index (κ3) is 2.79. The topological polar surface area (TPSA) is 64.4 Å². The molecule has 4 heterocycles. The molecule has 1 aliphatic rings. The molecule has 3 aromatic heterocycles. The average molecular weight is 369 g/mol. The van der Waals surface area contributed by atoms with E-state index in [1.54, 1.807) is 28.7 Å². The maximum atomic E-state index is 12.2. The van der Waals surface area contributed by atoms with Gasteiger partial charge in [0.05, 0.1) is 4.88 Å². The van der Waals surface area contributed by atoms with E-state index in [1.165, 1.54) is 0 Å². The van der Waals surface area contributed by atoms with E-state index in [0.29, 0.717) is 11.6 Å². The van der Waals surface area contributed by atoms with Crippen molar-refractivity contribution < 1.29 is 9.53 Å². The smallest absolute Gasteiger partial charge is 0.363 e. The van der Waals surface area contributed by atoms with Crippen molar-refractivity contribution in [3.05, 3.63) is 49.5 Å². The number of fused-ring (bicyclic) bond motifs is 1. The van der Waals surface area contributed by atoms with Crippen LogP contribution in [0.3, 0.4) is 0 Å². The van der Waals surface area contributed by atoms with E-state index in [2.05, 4.69) is 15.0 Å². The lowest BCUT2D eigenvalue weighted by Gasteiger charge is -1.98. The predicted molar refractivity (Wildman–Crippen MR) is 101 cm³/mol. The van der Waals surface area contributed by atoms with E-state index in [0.717, 1.165) is 41.9 Å². The Morgan fingerprint density at radius 3 is 2.60 bits per heavy atom. The van der Waals surface area contributed by atoms with Crippen molar-refractivity contribution in [3.8, 4) is 0 Å². The average Bonchev–Trinajstić information content (AvgIpc) is 3.19. The zero-order chi connectivity index (χ0) is 17.7. The largest absolute Gasteiger partial charge is 0.401 e. The molecule has 0 bridgehead atoms. The third-order valence-electron chi connectivity index (χ3n) is 3.96. The van der Waals surface area contributed by atoms with E-state index < -0.39 is 5.97 Å². The van der Waals surface area contributed by atoms with E-state index in [9.17, 15) is 4.79 Å². The SMILES string of the molecule is Cc1nc(C)c2c(C)c(/C=C3/N=C(c4ccc(C)s4)OC3=O)sc2n1. The lowest BCUT2D eigenvalue weighted by atomic mass is 10.1. The van der Waals surface area contributed by atoms with Gasteiger partial charge in [-0.15, -0.1) is 22.7 Å². The van der Waals surface area contributed by atoms with Crippen LogP contribution in [0.2, 0.25) is 0 Å². The molecule has 1 aliphatic heterocycles. The van der Waals surface area contributed by atoms with Gasteiger partial charge in [0.1, 0.15) is 10.7 Å². The molecule has 0 aromatic carbocycles. The van der Waals surface area contributed by atoms with Crippen molar-refractivity contribution in [2.75, 3.05) is 0 Å². The number of nitrogens with zero attached hydrogens (tertiary/aromatic N) is 3. The first-order valence-corrected chi connectivity index (χ1v) is 9.39. The molecule has 5 nitrogen and oxygen atoms in total. The number of carbonyl (C=O) groups is 1. The van der Waals surface area contributed by atoms with Gasteiger partial charge in [0.25, 0.3) is 0 Å². The summed E-state index contributed by atoms with van der Waals surface area (Å²) in [6.45, 7) is 7.89. The van der Waals surface area contributed by atoms with Crippen LogP contribution in [0, 0.1) is 27.7 Å². The molecule has 0 N–H and O–H groups in total. The summed E-state index contributed by atoms with van der Waals surface area (Å²) in [5.41, 5.74) is 2.33. The van der Waals surface area contributed by atoms with E-state index >= 15 is 0 Å². The minimum absolute atomic E-state index is 0.318. The van der Waals surface area contributed by atoms with Gasteiger partial charge >= 0.3 is 5.97 Å². The third-order valence-corrected chi connectivity index (χ3v) is 6.08. The van der Waals surface area contributed by atoms with Gasteiger partial charge in [-0.3, -0.25) is 0 Å². The first-order chi connectivity index (χ1) is 11.9. The van der Waals surface area contributed by atoms with Gasteiger partial charge in [0.2, 0.25) is 5.90 Å². The number of hydrogen-bond acceptors (Lipinski definition) is 7. The molecule has 25 heavy (non-hydrogen) atoms. The lowest BCUT2D eigenvalue weighted by molar-refractivity contribution is -0.129. The fourth-order valence-corrected chi connectivity index (χ4v) is 4.82. The first-order valence-electron chi connectivity index (χ1n) is 7.76. The van der Waals surface area contributed by atoms with Crippen LogP contribution in [0.1, 0.15) is 31.7 Å². The van der Waals surface area contributed by atoms with E-state index in [4.69, 9.17) is 4.74 Å². The summed E-state index contributed by atoms with van der Waals surface area (Å²) in [7, 11) is 0. The Bertz CT molecular complexity index is 1090. The van der Waals surface area contributed by atoms with Crippen molar-refractivity contribution in [1.82, 2.24) is 9.97 Å². The molecule has 0 spiro atoms. The standard InChI is InChI=1S/C18H15N3O2S2/c1-8-5-6-13(24-8)16-21-12(18(22)23-16)7-14-9(2)15-10(3)19-11(4)20-17(15)25-14/h5-7H,1-4H3/b12-7+. The molecular formula is C18H15N3O2S2. The summed E-state index contributed by atoms with van der Waals surface area (Å²) < 4.78 is 5.33. The second-order valence-corrected chi connectivity index (χ2v) is 8.19. The number of aryl methyl sites for hydroxylation is 4. The molecule has 0 amide bonds. The maximum Gasteiger partial charge on any atom is 0.363 e. The number of esters is 1. The van der Waals surface area contributed by atoms with Crippen LogP contribution >= 0.6 is 22.7 Å². The quantitative estimate of drug-likeness (QED) is 0.498. The van der Waals surface area contributed by atoms with Crippen molar-refractivity contribution >= 4 is 50.8 Å². The molecule has 0 saturated carbocycles. The normalized spacial score (nSPS) is 15.9. The molecule has 0 atom stereocenters. The zero-order valence-corrected chi connectivity index (χ0v) is 15.8. The number of thiophene rings is 2. The number of aliphatic imine (C=N–C) groups is 1. The molecule has 126 valence electrons. The number of cyclic esters (lactones) is 1. The van der Waals surface area contributed by atoms with Gasteiger partial charge in [0, 0.05) is 20.8 Å². The van der Waals surface area contributed by atoms with Crippen LogP contribution in [0.25, 0.3) is 16.3 Å². The highest BCUT2D eigenvalue weighted by Crippen LogP contribution is 2.34. The molecule has 0 aliphatic carbocycles. The van der Waals surface area contributed by atoms with Gasteiger partial charge in [-0.25, -0.2) is 19.8 Å². The fraction of sp³-hybridized carbons (Fsp3) is 0.222. The molecule has 7 heteroatoms. The second kappa shape index (κ2) is 5.86. The van der Waals surface area contributed by atoms with Crippen molar-refractivity contribution in [2.24, 2.45) is 4.99 Å². The van der Waals surface area contributed by atoms with Gasteiger partial charge in [-0.05, 0) is 51.5 Å². The Morgan fingerprint density at radius 2 is 1.88 bits per heavy atom. The van der Waals surface area contributed by atoms with Crippen molar-refractivity contribution in [2.45, 2.75) is 27.7 Å². The minimum Gasteiger partial charge on any atom is -0.401 e. The van der Waals surface area contributed by atoms with Gasteiger partial charge < -0.3 is 4.74 Å². The van der Waals surface area contributed by atoms with Crippen LogP contribution < -0.4 is 0 Å². The van der Waals surface area contributed by atoms with Gasteiger partial charge in [-0.1, -0.05) is 0 Å². The Kier molecular flexibility index (Phi) is 3.77. The van der Waals surface area contributed by atoms with E-state index in [1.807, 2.05) is 39.8 Å². The number of aromatic nitrogens is 2. The van der Waals surface area contributed by atoms with Gasteiger partial charge in [-0.2, -0.15) is 0 Å². The monoisotopic (exact) mass is 369 g/mol. The lowest BCUT2D eigenvalue weighted by Crippen LogP contribution is -2.03. The first kappa shape index (κ1) is 16.1. The molecule has 4 rings (SSSR count). The molecule has 3 aromatic rings. The number of ether oxygens (including phenoxy) is 1. The highest BCUT2D eigenvalue weighted by molar-refractivity contribution is 7.19. The van der Waals surface area contributed by atoms with Crippen LogP contribution in [-0.4, -0.2) is 21.8 Å². The van der Waals surface area contributed by atoms with E-state index in [-0.39, 0.29) is 0 Å². The number of hydrogen-bond donors (Lipinski definition) is 0. The summed E-state index contributed by atoms with van der Waals surface area (Å²) in [6, 6.07) is 3.90. The summed E-state index contributed by atoms with van der Waals surface area (Å²) in [4.78, 5) is 29.4. The summed E-state index contributed by atoms with van der Waals surface area (Å²) in [6.07, 6.45) is 1.78. The summed E-state index contributed by atoms with van der Waals surface area (Å²) in [5, 5.41) is 1.05. The van der Waals surface area contributed by atoms with Gasteiger partial charge in [0.15, 0.2) is 5.70 Å². The maximum absolute atomic E-state index is 12.2. The van der Waals surface area contributed by atoms with Crippen LogP contribution in [0.4, 0.5) is 0 Å². The second-order valence-electron chi connectivity index (χ2n) is 5.87. The van der Waals surface area contributed by atoms with Crippen LogP contribution in [0.15, 0.2) is 22.8 Å².